The second kappa shape index (κ2) is 7.08. The van der Waals surface area contributed by atoms with Gasteiger partial charge in [0.05, 0.1) is 4.92 Å². The Morgan fingerprint density at radius 1 is 1.14 bits per heavy atom. The van der Waals surface area contributed by atoms with Gasteiger partial charge in [0.1, 0.15) is 17.1 Å². The van der Waals surface area contributed by atoms with Crippen LogP contribution in [0.3, 0.4) is 0 Å². The van der Waals surface area contributed by atoms with Gasteiger partial charge in [-0.05, 0) is 55.7 Å². The van der Waals surface area contributed by atoms with Crippen molar-refractivity contribution < 1.29 is 14.8 Å². The average Bonchev–Trinajstić information content (AvgIpc) is 2.67. The summed E-state index contributed by atoms with van der Waals surface area (Å²) in [5, 5.41) is 21.5. The number of nitrogens with zero attached hydrogens (tertiary/aromatic N) is 1. The number of rotatable bonds is 3. The van der Waals surface area contributed by atoms with Gasteiger partial charge in [-0.25, -0.2) is 0 Å². The van der Waals surface area contributed by atoms with E-state index in [2.05, 4.69) is 0 Å². The number of aromatic hydroxyl groups is 1. The maximum Gasteiger partial charge on any atom is 0.269 e. The summed E-state index contributed by atoms with van der Waals surface area (Å²) in [6, 6.07) is 17.3. The van der Waals surface area contributed by atoms with Crippen molar-refractivity contribution in [2.24, 2.45) is 0 Å². The van der Waals surface area contributed by atoms with E-state index < -0.39 is 10.5 Å². The average molecular weight is 410 g/mol. The normalized spacial score (nSPS) is 17.3. The molecule has 3 aromatic rings. The fourth-order valence-electron chi connectivity index (χ4n) is 3.92. The van der Waals surface area contributed by atoms with Crippen LogP contribution in [0, 0.1) is 10.1 Å². The molecule has 0 spiro atoms. The lowest BCUT2D eigenvalue weighted by atomic mass is 9.79. The van der Waals surface area contributed by atoms with Crippen molar-refractivity contribution in [2.75, 3.05) is 0 Å². The lowest BCUT2D eigenvalue weighted by molar-refractivity contribution is -0.384. The number of nitro benzene ring substituents is 1. The largest absolute Gasteiger partial charge is 0.508 e. The minimum Gasteiger partial charge on any atom is -0.508 e. The second-order valence-corrected chi connectivity index (χ2v) is 8.33. The molecule has 148 valence electrons. The number of hydrogen-bond donors (Lipinski definition) is 1. The van der Waals surface area contributed by atoms with Crippen LogP contribution in [0.2, 0.25) is 5.02 Å². The Bertz CT molecular complexity index is 1090. The van der Waals surface area contributed by atoms with E-state index in [1.54, 1.807) is 30.3 Å². The molecule has 0 amide bonds. The Morgan fingerprint density at radius 2 is 1.86 bits per heavy atom. The third-order valence-electron chi connectivity index (χ3n) is 5.20. The van der Waals surface area contributed by atoms with Crippen LogP contribution < -0.4 is 4.74 Å². The van der Waals surface area contributed by atoms with Crippen molar-refractivity contribution >= 4 is 17.3 Å². The predicted molar refractivity (Wildman–Crippen MR) is 113 cm³/mol. The second-order valence-electron chi connectivity index (χ2n) is 7.89. The highest BCUT2D eigenvalue weighted by Crippen LogP contribution is 2.49. The molecule has 0 saturated heterocycles. The molecule has 1 unspecified atom stereocenters. The number of fused-ring (bicyclic) bond motifs is 1. The number of phenols is 1. The molecule has 0 aromatic heterocycles. The Labute approximate surface area is 173 Å². The monoisotopic (exact) mass is 409 g/mol. The van der Waals surface area contributed by atoms with E-state index in [0.717, 1.165) is 28.0 Å². The van der Waals surface area contributed by atoms with Gasteiger partial charge in [-0.3, -0.25) is 10.1 Å². The lowest BCUT2D eigenvalue weighted by Crippen LogP contribution is -2.35. The van der Waals surface area contributed by atoms with Gasteiger partial charge in [0.2, 0.25) is 0 Å². The summed E-state index contributed by atoms with van der Waals surface area (Å²) < 4.78 is 6.36. The van der Waals surface area contributed by atoms with Crippen LogP contribution in [0.25, 0.3) is 11.1 Å². The lowest BCUT2D eigenvalue weighted by Gasteiger charge is -2.39. The number of benzene rings is 3. The Morgan fingerprint density at radius 3 is 2.52 bits per heavy atom. The molecule has 0 radical (unpaired) electrons. The summed E-state index contributed by atoms with van der Waals surface area (Å²) in [6.07, 6.45) is 0.706. The first-order chi connectivity index (χ1) is 13.7. The van der Waals surface area contributed by atoms with Gasteiger partial charge in [-0.1, -0.05) is 35.9 Å². The van der Waals surface area contributed by atoms with Gasteiger partial charge >= 0.3 is 0 Å². The topological polar surface area (TPSA) is 72.6 Å². The van der Waals surface area contributed by atoms with E-state index in [0.29, 0.717) is 11.4 Å². The summed E-state index contributed by atoms with van der Waals surface area (Å²) in [7, 11) is 0. The van der Waals surface area contributed by atoms with Gasteiger partial charge < -0.3 is 9.84 Å². The highest BCUT2D eigenvalue weighted by atomic mass is 35.5. The Kier molecular flexibility index (Phi) is 4.71. The molecule has 29 heavy (non-hydrogen) atoms. The summed E-state index contributed by atoms with van der Waals surface area (Å²) in [5.41, 5.74) is 3.14. The van der Waals surface area contributed by atoms with Gasteiger partial charge in [0.15, 0.2) is 0 Å². The summed E-state index contributed by atoms with van der Waals surface area (Å²) in [6.45, 7) is 4.05. The van der Waals surface area contributed by atoms with Crippen LogP contribution >= 0.6 is 11.6 Å². The van der Waals surface area contributed by atoms with E-state index in [4.69, 9.17) is 16.3 Å². The molecule has 1 aliphatic heterocycles. The molecule has 6 heteroatoms. The summed E-state index contributed by atoms with van der Waals surface area (Å²) >= 11 is 6.45. The first kappa shape index (κ1) is 19.3. The number of phenolic OH excluding ortho intramolecular Hbond substituents is 1. The van der Waals surface area contributed by atoms with Crippen LogP contribution in [0.15, 0.2) is 60.7 Å². The zero-order valence-electron chi connectivity index (χ0n) is 16.1. The molecule has 1 aliphatic rings. The van der Waals surface area contributed by atoms with Gasteiger partial charge in [0.25, 0.3) is 5.69 Å². The van der Waals surface area contributed by atoms with E-state index in [-0.39, 0.29) is 17.4 Å². The zero-order valence-corrected chi connectivity index (χ0v) is 16.8. The van der Waals surface area contributed by atoms with Crippen molar-refractivity contribution in [3.63, 3.8) is 0 Å². The van der Waals surface area contributed by atoms with Crippen LogP contribution in [-0.4, -0.2) is 15.6 Å². The van der Waals surface area contributed by atoms with E-state index >= 15 is 0 Å². The van der Waals surface area contributed by atoms with E-state index in [9.17, 15) is 15.2 Å². The first-order valence-electron chi connectivity index (χ1n) is 9.30. The van der Waals surface area contributed by atoms with Crippen LogP contribution in [-0.2, 0) is 0 Å². The fourth-order valence-corrected chi connectivity index (χ4v) is 4.15. The third kappa shape index (κ3) is 3.78. The van der Waals surface area contributed by atoms with Crippen molar-refractivity contribution in [1.29, 1.82) is 0 Å². The number of nitro groups is 1. The zero-order chi connectivity index (χ0) is 20.8. The van der Waals surface area contributed by atoms with Crippen LogP contribution in [0.1, 0.15) is 37.3 Å². The molecule has 1 atom stereocenters. The molecule has 3 aromatic carbocycles. The van der Waals surface area contributed by atoms with Gasteiger partial charge in [-0.15, -0.1) is 0 Å². The highest BCUT2D eigenvalue weighted by molar-refractivity contribution is 6.31. The SMILES string of the molecule is CC1(C)CC(c2ccc([N+](=O)[O-])cc2)c2cc(Cl)cc(-c3cccc(O)c3)c2O1. The molecule has 4 rings (SSSR count). The van der Waals surface area contributed by atoms with Crippen molar-refractivity contribution in [3.8, 4) is 22.6 Å². The molecule has 1 N–H and O–H groups in total. The smallest absolute Gasteiger partial charge is 0.269 e. The number of halogens is 1. The highest BCUT2D eigenvalue weighted by Gasteiger charge is 2.36. The van der Waals surface area contributed by atoms with Gasteiger partial charge in [0, 0.05) is 34.2 Å². The molecule has 5 nitrogen and oxygen atoms in total. The minimum absolute atomic E-state index is 0.0238. The number of hydrogen-bond acceptors (Lipinski definition) is 4. The van der Waals surface area contributed by atoms with Crippen molar-refractivity contribution in [1.82, 2.24) is 0 Å². The molecular formula is C23H20ClNO4. The van der Waals surface area contributed by atoms with Crippen LogP contribution in [0.4, 0.5) is 5.69 Å². The minimum atomic E-state index is -0.446. The van der Waals surface area contributed by atoms with Gasteiger partial charge in [-0.2, -0.15) is 0 Å². The fraction of sp³-hybridized carbons (Fsp3) is 0.217. The standard InChI is InChI=1S/C23H20ClNO4/c1-23(2)13-21(14-6-8-17(9-7-14)25(27)28)20-12-16(24)11-19(22(20)29-23)15-4-3-5-18(26)10-15/h3-12,21,26H,13H2,1-2H3. The number of non-ortho nitro benzene ring substituents is 1. The molecule has 1 heterocycles. The van der Waals surface area contributed by atoms with Crippen molar-refractivity contribution in [2.45, 2.75) is 31.8 Å². The third-order valence-corrected chi connectivity index (χ3v) is 5.41. The molecule has 0 saturated carbocycles. The predicted octanol–water partition coefficient (Wildman–Crippen LogP) is 6.31. The molecule has 0 aliphatic carbocycles. The quantitative estimate of drug-likeness (QED) is 0.406. The summed E-state index contributed by atoms with van der Waals surface area (Å²) in [5.74, 6) is 0.863. The molecular weight excluding hydrogens is 390 g/mol. The Hall–Kier alpha value is -3.05. The first-order valence-corrected chi connectivity index (χ1v) is 9.67. The molecule has 0 bridgehead atoms. The number of ether oxygens (including phenoxy) is 1. The maximum atomic E-state index is 11.0. The van der Waals surface area contributed by atoms with E-state index in [1.165, 1.54) is 12.1 Å². The maximum absolute atomic E-state index is 11.0. The Balaban J connectivity index is 1.89. The summed E-state index contributed by atoms with van der Waals surface area (Å²) in [4.78, 5) is 10.6. The van der Waals surface area contributed by atoms with Crippen molar-refractivity contribution in [3.05, 3.63) is 86.9 Å². The molecule has 0 fully saturated rings. The van der Waals surface area contributed by atoms with E-state index in [1.807, 2.05) is 32.0 Å². The van der Waals surface area contributed by atoms with Crippen LogP contribution in [0.5, 0.6) is 11.5 Å².